The molecule has 2 saturated heterocycles. The zero-order chi connectivity index (χ0) is 15.4. The molecule has 5 nitrogen and oxygen atoms in total. The van der Waals surface area contributed by atoms with Gasteiger partial charge in [0.25, 0.3) is 0 Å². The summed E-state index contributed by atoms with van der Waals surface area (Å²) in [6.07, 6.45) is 9.58. The Morgan fingerprint density at radius 1 is 1.17 bits per heavy atom. The second kappa shape index (κ2) is 8.85. The van der Waals surface area contributed by atoms with E-state index >= 15 is 0 Å². The van der Waals surface area contributed by atoms with Crippen LogP contribution in [0, 0.1) is 5.92 Å². The highest BCUT2D eigenvalue weighted by Crippen LogP contribution is 2.39. The van der Waals surface area contributed by atoms with Gasteiger partial charge in [0.15, 0.2) is 11.7 Å². The number of nitrogens with two attached hydrogens (primary N) is 1. The molecule has 3 rings (SSSR count). The Labute approximate surface area is 157 Å². The fraction of sp³-hybridized carbons (Fsp3) is 0.941. The molecule has 2 aliphatic heterocycles. The van der Waals surface area contributed by atoms with Gasteiger partial charge in [0, 0.05) is 25.9 Å². The van der Waals surface area contributed by atoms with Gasteiger partial charge in [-0.1, -0.05) is 19.8 Å². The van der Waals surface area contributed by atoms with E-state index in [1.54, 1.807) is 0 Å². The SMILES string of the molecule is CC1CCC2(CC1)OCC(CN=C(N)N1CCCCCC1)O2.I. The van der Waals surface area contributed by atoms with Crippen LogP contribution in [0.1, 0.15) is 58.3 Å². The van der Waals surface area contributed by atoms with Crippen molar-refractivity contribution in [2.75, 3.05) is 26.2 Å². The number of hydrogen-bond donors (Lipinski definition) is 1. The number of rotatable bonds is 2. The van der Waals surface area contributed by atoms with Gasteiger partial charge >= 0.3 is 0 Å². The Kier molecular flexibility index (Phi) is 7.41. The van der Waals surface area contributed by atoms with Crippen molar-refractivity contribution >= 4 is 29.9 Å². The molecule has 1 unspecified atom stereocenters. The third kappa shape index (κ3) is 5.19. The maximum absolute atomic E-state index is 6.20. The van der Waals surface area contributed by atoms with Crippen LogP contribution in [0.5, 0.6) is 0 Å². The van der Waals surface area contributed by atoms with Gasteiger partial charge in [-0.25, -0.2) is 0 Å². The van der Waals surface area contributed by atoms with Crippen LogP contribution in [0.3, 0.4) is 0 Å². The van der Waals surface area contributed by atoms with E-state index in [1.807, 2.05) is 0 Å². The Morgan fingerprint density at radius 2 is 1.83 bits per heavy atom. The van der Waals surface area contributed by atoms with Gasteiger partial charge in [0.2, 0.25) is 0 Å². The summed E-state index contributed by atoms with van der Waals surface area (Å²) in [6, 6.07) is 0. The van der Waals surface area contributed by atoms with Crippen LogP contribution in [-0.2, 0) is 9.47 Å². The average Bonchev–Trinajstić information content (AvgIpc) is 2.74. The van der Waals surface area contributed by atoms with Crippen molar-refractivity contribution in [2.24, 2.45) is 16.6 Å². The lowest BCUT2D eigenvalue weighted by Crippen LogP contribution is -2.39. The summed E-state index contributed by atoms with van der Waals surface area (Å²) < 4.78 is 12.2. The lowest BCUT2D eigenvalue weighted by molar-refractivity contribution is -0.190. The second-order valence-corrected chi connectivity index (χ2v) is 7.24. The van der Waals surface area contributed by atoms with Gasteiger partial charge in [-0.15, -0.1) is 24.0 Å². The number of hydrogen-bond acceptors (Lipinski definition) is 3. The molecule has 1 spiro atoms. The maximum Gasteiger partial charge on any atom is 0.191 e. The fourth-order valence-electron chi connectivity index (χ4n) is 3.77. The highest BCUT2D eigenvalue weighted by Gasteiger charge is 2.43. The smallest absolute Gasteiger partial charge is 0.191 e. The van der Waals surface area contributed by atoms with E-state index in [0.717, 1.165) is 31.8 Å². The molecule has 1 saturated carbocycles. The quantitative estimate of drug-likeness (QED) is 0.410. The summed E-state index contributed by atoms with van der Waals surface area (Å²) in [4.78, 5) is 6.80. The molecular weight excluding hydrogens is 405 g/mol. The van der Waals surface area contributed by atoms with Crippen LogP contribution in [0.15, 0.2) is 4.99 Å². The van der Waals surface area contributed by atoms with Gasteiger partial charge in [0.05, 0.1) is 13.2 Å². The summed E-state index contributed by atoms with van der Waals surface area (Å²) in [5.74, 6) is 1.17. The Balaban J connectivity index is 0.00000192. The number of guanidine groups is 1. The lowest BCUT2D eigenvalue weighted by atomic mass is 9.86. The predicted octanol–water partition coefficient (Wildman–Crippen LogP) is 3.12. The van der Waals surface area contributed by atoms with Crippen molar-refractivity contribution in [1.82, 2.24) is 4.90 Å². The van der Waals surface area contributed by atoms with E-state index < -0.39 is 0 Å². The fourth-order valence-corrected chi connectivity index (χ4v) is 3.77. The number of ether oxygens (including phenoxy) is 2. The highest BCUT2D eigenvalue weighted by atomic mass is 127. The molecule has 6 heteroatoms. The third-order valence-electron chi connectivity index (χ3n) is 5.34. The van der Waals surface area contributed by atoms with Crippen LogP contribution < -0.4 is 5.73 Å². The topological polar surface area (TPSA) is 60.1 Å². The van der Waals surface area contributed by atoms with Crippen molar-refractivity contribution < 1.29 is 9.47 Å². The standard InChI is InChI=1S/C17H31N3O2.HI/c1-14-6-8-17(9-7-14)21-13-15(22-17)12-19-16(18)20-10-4-2-3-5-11-20;/h14-15H,2-13H2,1H3,(H2,18,19);1H. The van der Waals surface area contributed by atoms with E-state index in [4.69, 9.17) is 15.2 Å². The molecule has 134 valence electrons. The van der Waals surface area contributed by atoms with Gasteiger partial charge in [0.1, 0.15) is 6.10 Å². The molecule has 2 N–H and O–H groups in total. The summed E-state index contributed by atoms with van der Waals surface area (Å²) in [5, 5.41) is 0. The minimum Gasteiger partial charge on any atom is -0.370 e. The molecule has 0 amide bonds. The van der Waals surface area contributed by atoms with Crippen LogP contribution in [0.2, 0.25) is 0 Å². The first-order valence-electron chi connectivity index (χ1n) is 9.03. The molecule has 3 fully saturated rings. The predicted molar refractivity (Wildman–Crippen MR) is 103 cm³/mol. The van der Waals surface area contributed by atoms with Gasteiger partial charge in [-0.05, 0) is 31.6 Å². The van der Waals surface area contributed by atoms with Gasteiger partial charge in [-0.3, -0.25) is 4.99 Å². The normalized spacial score (nSPS) is 35.9. The molecule has 3 aliphatic rings. The highest BCUT2D eigenvalue weighted by molar-refractivity contribution is 14.0. The summed E-state index contributed by atoms with van der Waals surface area (Å²) >= 11 is 0. The van der Waals surface area contributed by atoms with E-state index in [9.17, 15) is 0 Å². The summed E-state index contributed by atoms with van der Waals surface area (Å²) in [5.41, 5.74) is 6.16. The first kappa shape index (κ1) is 19.2. The summed E-state index contributed by atoms with van der Waals surface area (Å²) in [6.45, 7) is 5.68. The van der Waals surface area contributed by atoms with Crippen LogP contribution in [0.25, 0.3) is 0 Å². The Morgan fingerprint density at radius 3 is 2.48 bits per heavy atom. The van der Waals surface area contributed by atoms with Crippen molar-refractivity contribution in [3.05, 3.63) is 0 Å². The van der Waals surface area contributed by atoms with Crippen LogP contribution in [-0.4, -0.2) is 49.0 Å². The van der Waals surface area contributed by atoms with E-state index in [-0.39, 0.29) is 35.9 Å². The van der Waals surface area contributed by atoms with Crippen molar-refractivity contribution in [3.8, 4) is 0 Å². The lowest BCUT2D eigenvalue weighted by Gasteiger charge is -2.34. The molecular formula is C17H32IN3O2. The molecule has 23 heavy (non-hydrogen) atoms. The van der Waals surface area contributed by atoms with Crippen molar-refractivity contribution in [1.29, 1.82) is 0 Å². The Bertz CT molecular complexity index is 389. The molecule has 1 aliphatic carbocycles. The summed E-state index contributed by atoms with van der Waals surface area (Å²) in [7, 11) is 0. The van der Waals surface area contributed by atoms with Gasteiger partial charge in [-0.2, -0.15) is 0 Å². The number of likely N-dealkylation sites (tertiary alicyclic amines) is 1. The Hall–Kier alpha value is -0.0800. The van der Waals surface area contributed by atoms with Crippen molar-refractivity contribution in [3.63, 3.8) is 0 Å². The number of nitrogens with zero attached hydrogens (tertiary/aromatic N) is 2. The second-order valence-electron chi connectivity index (χ2n) is 7.24. The molecule has 0 aromatic carbocycles. The van der Waals surface area contributed by atoms with Gasteiger partial charge < -0.3 is 20.1 Å². The van der Waals surface area contributed by atoms with Crippen LogP contribution in [0.4, 0.5) is 0 Å². The zero-order valence-electron chi connectivity index (χ0n) is 14.3. The average molecular weight is 437 g/mol. The minimum absolute atomic E-state index is 0. The first-order chi connectivity index (χ1) is 10.7. The van der Waals surface area contributed by atoms with Crippen molar-refractivity contribution in [2.45, 2.75) is 70.2 Å². The number of aliphatic imine (C=N–C) groups is 1. The molecule has 0 bridgehead atoms. The maximum atomic E-state index is 6.20. The largest absolute Gasteiger partial charge is 0.370 e. The minimum atomic E-state index is -0.315. The van der Waals surface area contributed by atoms with E-state index in [1.165, 1.54) is 38.5 Å². The van der Waals surface area contributed by atoms with E-state index in [0.29, 0.717) is 19.1 Å². The monoisotopic (exact) mass is 437 g/mol. The molecule has 0 aromatic heterocycles. The molecule has 1 atom stereocenters. The molecule has 0 aromatic rings. The zero-order valence-corrected chi connectivity index (χ0v) is 16.7. The van der Waals surface area contributed by atoms with Crippen LogP contribution >= 0.6 is 24.0 Å². The molecule has 2 heterocycles. The van der Waals surface area contributed by atoms with E-state index in [2.05, 4.69) is 16.8 Å². The molecule has 0 radical (unpaired) electrons. The first-order valence-corrected chi connectivity index (χ1v) is 9.03. The third-order valence-corrected chi connectivity index (χ3v) is 5.34. The number of halogens is 1.